The second kappa shape index (κ2) is 8.46. The van der Waals surface area contributed by atoms with E-state index in [4.69, 9.17) is 9.73 Å². The molecule has 25 heavy (non-hydrogen) atoms. The van der Waals surface area contributed by atoms with Gasteiger partial charge in [0.05, 0.1) is 6.54 Å². The predicted octanol–water partition coefficient (Wildman–Crippen LogP) is 3.57. The summed E-state index contributed by atoms with van der Waals surface area (Å²) in [6.45, 7) is 5.64. The summed E-state index contributed by atoms with van der Waals surface area (Å²) < 4.78 is 18.5. The number of hydrogen-bond donors (Lipinski definition) is 1. The molecule has 6 heteroatoms. The molecule has 0 saturated carbocycles. The molecule has 0 unspecified atom stereocenters. The summed E-state index contributed by atoms with van der Waals surface area (Å²) in [7, 11) is 0. The van der Waals surface area contributed by atoms with E-state index >= 15 is 0 Å². The zero-order valence-electron chi connectivity index (χ0n) is 14.4. The van der Waals surface area contributed by atoms with Crippen LogP contribution in [0.5, 0.6) is 11.6 Å². The number of nitrogens with zero attached hydrogens (tertiary/aromatic N) is 3. The molecule has 0 amide bonds. The zero-order chi connectivity index (χ0) is 17.5. The maximum absolute atomic E-state index is 12.9. The summed E-state index contributed by atoms with van der Waals surface area (Å²) in [6, 6.07) is 9.62. The highest BCUT2D eigenvalue weighted by Gasteiger charge is 2.15. The molecule has 0 atom stereocenters. The minimum atomic E-state index is -0.289. The van der Waals surface area contributed by atoms with E-state index in [1.54, 1.807) is 24.4 Å². The van der Waals surface area contributed by atoms with Crippen LogP contribution in [0.15, 0.2) is 47.6 Å². The predicted molar refractivity (Wildman–Crippen MR) is 96.3 cm³/mol. The molecule has 1 fully saturated rings. The number of halogens is 1. The van der Waals surface area contributed by atoms with Crippen molar-refractivity contribution in [3.8, 4) is 11.6 Å². The van der Waals surface area contributed by atoms with E-state index < -0.39 is 0 Å². The van der Waals surface area contributed by atoms with Crippen molar-refractivity contribution in [2.24, 2.45) is 4.99 Å². The molecule has 2 heterocycles. The van der Waals surface area contributed by atoms with Crippen molar-refractivity contribution >= 4 is 5.96 Å². The Morgan fingerprint density at radius 1 is 1.20 bits per heavy atom. The second-order valence-corrected chi connectivity index (χ2v) is 5.92. The number of benzene rings is 1. The molecule has 132 valence electrons. The van der Waals surface area contributed by atoms with E-state index in [0.717, 1.165) is 31.2 Å². The number of pyridine rings is 1. The van der Waals surface area contributed by atoms with Gasteiger partial charge >= 0.3 is 0 Å². The fourth-order valence-electron chi connectivity index (χ4n) is 2.71. The van der Waals surface area contributed by atoms with Crippen molar-refractivity contribution in [3.05, 3.63) is 54.0 Å². The number of rotatable bonds is 5. The number of nitrogens with one attached hydrogen (secondary N) is 1. The van der Waals surface area contributed by atoms with Gasteiger partial charge in [-0.05, 0) is 49.6 Å². The Morgan fingerprint density at radius 3 is 2.60 bits per heavy atom. The Balaban J connectivity index is 1.61. The molecule has 1 saturated heterocycles. The van der Waals surface area contributed by atoms with Crippen LogP contribution in [0.4, 0.5) is 4.39 Å². The number of hydrogen-bond acceptors (Lipinski definition) is 3. The summed E-state index contributed by atoms with van der Waals surface area (Å²) in [6.07, 6.45) is 4.21. The fourth-order valence-corrected chi connectivity index (χ4v) is 2.71. The van der Waals surface area contributed by atoms with Gasteiger partial charge in [0.15, 0.2) is 5.96 Å². The molecule has 1 aromatic heterocycles. The molecule has 2 aromatic rings. The maximum Gasteiger partial charge on any atom is 0.219 e. The Labute approximate surface area is 147 Å². The van der Waals surface area contributed by atoms with Gasteiger partial charge in [-0.2, -0.15) is 0 Å². The van der Waals surface area contributed by atoms with Crippen molar-refractivity contribution in [3.63, 3.8) is 0 Å². The molecule has 1 aromatic carbocycles. The first kappa shape index (κ1) is 17.2. The lowest BCUT2D eigenvalue weighted by atomic mass is 10.3. The topological polar surface area (TPSA) is 49.8 Å². The van der Waals surface area contributed by atoms with E-state index in [1.165, 1.54) is 25.0 Å². The van der Waals surface area contributed by atoms with Crippen LogP contribution in [0.3, 0.4) is 0 Å². The van der Waals surface area contributed by atoms with Gasteiger partial charge in [-0.15, -0.1) is 0 Å². The minimum Gasteiger partial charge on any atom is -0.439 e. The highest BCUT2D eigenvalue weighted by atomic mass is 19.1. The Hall–Kier alpha value is -2.63. The molecule has 0 aliphatic carbocycles. The van der Waals surface area contributed by atoms with Crippen LogP contribution >= 0.6 is 0 Å². The van der Waals surface area contributed by atoms with Crippen LogP contribution in [0, 0.1) is 5.82 Å². The number of aliphatic imine (C=N–C) groups is 1. The lowest BCUT2D eigenvalue weighted by Gasteiger charge is -2.20. The van der Waals surface area contributed by atoms with Crippen LogP contribution in [0.1, 0.15) is 25.3 Å². The summed E-state index contributed by atoms with van der Waals surface area (Å²) >= 11 is 0. The van der Waals surface area contributed by atoms with Crippen LogP contribution < -0.4 is 10.1 Å². The molecule has 0 spiro atoms. The van der Waals surface area contributed by atoms with E-state index in [-0.39, 0.29) is 5.82 Å². The number of guanidine groups is 1. The molecule has 0 radical (unpaired) electrons. The first-order valence-electron chi connectivity index (χ1n) is 8.66. The molecular formula is C19H23FN4O. The van der Waals surface area contributed by atoms with Crippen LogP contribution in [-0.4, -0.2) is 35.5 Å². The van der Waals surface area contributed by atoms with Gasteiger partial charge in [0.2, 0.25) is 5.88 Å². The molecule has 1 aliphatic heterocycles. The van der Waals surface area contributed by atoms with Gasteiger partial charge in [-0.1, -0.05) is 6.07 Å². The average molecular weight is 342 g/mol. The Morgan fingerprint density at radius 2 is 1.96 bits per heavy atom. The van der Waals surface area contributed by atoms with Crippen LogP contribution in [-0.2, 0) is 6.54 Å². The normalized spacial score (nSPS) is 14.6. The zero-order valence-corrected chi connectivity index (χ0v) is 14.4. The molecule has 1 aliphatic rings. The highest BCUT2D eigenvalue weighted by Crippen LogP contribution is 2.19. The van der Waals surface area contributed by atoms with E-state index in [2.05, 4.69) is 22.1 Å². The SMILES string of the molecule is CCNC(=NCc1ccc(Oc2ccc(F)cc2)nc1)N1CCCC1. The van der Waals surface area contributed by atoms with Gasteiger partial charge < -0.3 is 15.0 Å². The van der Waals surface area contributed by atoms with Crippen LogP contribution in [0.2, 0.25) is 0 Å². The maximum atomic E-state index is 12.9. The minimum absolute atomic E-state index is 0.289. The molecule has 1 N–H and O–H groups in total. The standard InChI is InChI=1S/C19H23FN4O/c1-2-21-19(24-11-3-4-12-24)23-14-15-5-10-18(22-13-15)25-17-8-6-16(20)7-9-17/h5-10,13H,2-4,11-12,14H2,1H3,(H,21,23). The van der Waals surface area contributed by atoms with Gasteiger partial charge in [0.1, 0.15) is 11.6 Å². The fraction of sp³-hybridized carbons (Fsp3) is 0.368. The first-order valence-corrected chi connectivity index (χ1v) is 8.66. The smallest absolute Gasteiger partial charge is 0.219 e. The average Bonchev–Trinajstić information content (AvgIpc) is 3.16. The first-order chi connectivity index (χ1) is 12.2. The van der Waals surface area contributed by atoms with Crippen molar-refractivity contribution < 1.29 is 9.13 Å². The number of likely N-dealkylation sites (tertiary alicyclic amines) is 1. The van der Waals surface area contributed by atoms with Crippen molar-refractivity contribution in [1.29, 1.82) is 0 Å². The second-order valence-electron chi connectivity index (χ2n) is 5.92. The van der Waals surface area contributed by atoms with E-state index in [1.807, 2.05) is 6.07 Å². The van der Waals surface area contributed by atoms with Crippen molar-refractivity contribution in [2.45, 2.75) is 26.3 Å². The quantitative estimate of drug-likeness (QED) is 0.667. The third-order valence-corrected chi connectivity index (χ3v) is 3.99. The summed E-state index contributed by atoms with van der Waals surface area (Å²) in [5, 5.41) is 3.34. The number of aromatic nitrogens is 1. The van der Waals surface area contributed by atoms with Gasteiger partial charge in [-0.25, -0.2) is 14.4 Å². The Kier molecular flexibility index (Phi) is 5.82. The van der Waals surface area contributed by atoms with Crippen molar-refractivity contribution in [2.75, 3.05) is 19.6 Å². The summed E-state index contributed by atoms with van der Waals surface area (Å²) in [5.74, 6) is 1.71. The van der Waals surface area contributed by atoms with Gasteiger partial charge in [-0.3, -0.25) is 0 Å². The number of ether oxygens (including phenoxy) is 1. The van der Waals surface area contributed by atoms with Gasteiger partial charge in [0, 0.05) is 31.9 Å². The van der Waals surface area contributed by atoms with E-state index in [0.29, 0.717) is 18.2 Å². The summed E-state index contributed by atoms with van der Waals surface area (Å²) in [4.78, 5) is 11.3. The third-order valence-electron chi connectivity index (χ3n) is 3.99. The molecule has 3 rings (SSSR count). The Bertz CT molecular complexity index is 694. The largest absolute Gasteiger partial charge is 0.439 e. The third kappa shape index (κ3) is 4.92. The lowest BCUT2D eigenvalue weighted by molar-refractivity contribution is 0.461. The molecular weight excluding hydrogens is 319 g/mol. The van der Waals surface area contributed by atoms with Gasteiger partial charge in [0.25, 0.3) is 0 Å². The van der Waals surface area contributed by atoms with E-state index in [9.17, 15) is 4.39 Å². The highest BCUT2D eigenvalue weighted by molar-refractivity contribution is 5.80. The lowest BCUT2D eigenvalue weighted by Crippen LogP contribution is -2.39. The summed E-state index contributed by atoms with van der Waals surface area (Å²) in [5.41, 5.74) is 1.01. The molecule has 0 bridgehead atoms. The monoisotopic (exact) mass is 342 g/mol. The molecule has 5 nitrogen and oxygen atoms in total. The van der Waals surface area contributed by atoms with Crippen molar-refractivity contribution in [1.82, 2.24) is 15.2 Å². The van der Waals surface area contributed by atoms with Crippen LogP contribution in [0.25, 0.3) is 0 Å².